The average molecular weight is 413 g/mol. The predicted octanol–water partition coefficient (Wildman–Crippen LogP) is 2.91. The van der Waals surface area contributed by atoms with Gasteiger partial charge in [0.15, 0.2) is 0 Å². The van der Waals surface area contributed by atoms with Gasteiger partial charge in [0.1, 0.15) is 29.0 Å². The maximum absolute atomic E-state index is 12.8. The Kier molecular flexibility index (Phi) is 6.46. The van der Waals surface area contributed by atoms with Crippen molar-refractivity contribution >= 4 is 27.3 Å². The van der Waals surface area contributed by atoms with Gasteiger partial charge in [-0.1, -0.05) is 6.07 Å². The van der Waals surface area contributed by atoms with E-state index in [1.165, 1.54) is 39.9 Å². The van der Waals surface area contributed by atoms with Gasteiger partial charge in [0.2, 0.25) is 0 Å². The van der Waals surface area contributed by atoms with Crippen LogP contribution in [0.1, 0.15) is 12.8 Å². The first kappa shape index (κ1) is 19.8. The summed E-state index contributed by atoms with van der Waals surface area (Å²) in [6.45, 7) is 0.852. The Bertz CT molecular complexity index is 844. The molecule has 0 aliphatic carbocycles. The summed E-state index contributed by atoms with van der Waals surface area (Å²) in [7, 11) is -3.47. The Morgan fingerprint density at radius 1 is 1.15 bits per heavy atom. The lowest BCUT2D eigenvalue weighted by Crippen LogP contribution is -2.40. The molecule has 0 radical (unpaired) electrons. The predicted molar refractivity (Wildman–Crippen MR) is 98.7 cm³/mol. The first-order valence-electron chi connectivity index (χ1n) is 8.55. The number of benzene rings is 1. The minimum absolute atomic E-state index is 0.0872. The third-order valence-corrected chi connectivity index (χ3v) is 7.56. The van der Waals surface area contributed by atoms with E-state index < -0.39 is 10.0 Å². The van der Waals surface area contributed by atoms with E-state index in [0.717, 1.165) is 0 Å². The van der Waals surface area contributed by atoms with Gasteiger partial charge in [-0.3, -0.25) is 4.79 Å². The van der Waals surface area contributed by atoms with Gasteiger partial charge in [0.25, 0.3) is 10.0 Å². The van der Waals surface area contributed by atoms with Crippen LogP contribution in [0.2, 0.25) is 0 Å². The van der Waals surface area contributed by atoms with E-state index in [4.69, 9.17) is 9.47 Å². The number of halogens is 1. The lowest BCUT2D eigenvalue weighted by Gasteiger charge is -2.29. The van der Waals surface area contributed by atoms with Gasteiger partial charge in [-0.25, -0.2) is 12.8 Å². The molecule has 2 heterocycles. The molecule has 0 unspecified atom stereocenters. The van der Waals surface area contributed by atoms with Crippen LogP contribution in [0.4, 0.5) is 4.39 Å². The summed E-state index contributed by atoms with van der Waals surface area (Å²) < 4.78 is 50.1. The number of ether oxygens (including phenoxy) is 2. The summed E-state index contributed by atoms with van der Waals surface area (Å²) in [5, 5.41) is 1.73. The summed E-state index contributed by atoms with van der Waals surface area (Å²) in [6, 6.07) is 8.87. The normalized spacial score (nSPS) is 16.2. The molecule has 0 saturated carbocycles. The van der Waals surface area contributed by atoms with Crippen LogP contribution in [-0.4, -0.2) is 45.0 Å². The van der Waals surface area contributed by atoms with Crippen molar-refractivity contribution in [1.82, 2.24) is 4.31 Å². The lowest BCUT2D eigenvalue weighted by molar-refractivity contribution is -0.150. The first-order chi connectivity index (χ1) is 13.0. The molecule has 146 valence electrons. The molecule has 3 rings (SSSR count). The monoisotopic (exact) mass is 413 g/mol. The average Bonchev–Trinajstić information content (AvgIpc) is 3.22. The second-order valence-corrected chi connectivity index (χ2v) is 9.19. The van der Waals surface area contributed by atoms with E-state index in [-0.39, 0.29) is 30.9 Å². The Labute approximate surface area is 161 Å². The molecule has 1 aromatic heterocycles. The number of rotatable bonds is 7. The quantitative estimate of drug-likeness (QED) is 0.516. The number of hydrogen-bond acceptors (Lipinski definition) is 6. The molecule has 1 aliphatic rings. The van der Waals surface area contributed by atoms with Crippen LogP contribution in [0.5, 0.6) is 5.75 Å². The molecule has 0 spiro atoms. The van der Waals surface area contributed by atoms with Crippen molar-refractivity contribution in [1.29, 1.82) is 0 Å². The zero-order valence-corrected chi connectivity index (χ0v) is 16.2. The Balaban J connectivity index is 1.40. The third-order valence-electron chi connectivity index (χ3n) is 4.29. The highest BCUT2D eigenvalue weighted by Crippen LogP contribution is 2.26. The molecular weight excluding hydrogens is 393 g/mol. The summed E-state index contributed by atoms with van der Waals surface area (Å²) in [6.07, 6.45) is 0.866. The van der Waals surface area contributed by atoms with Crippen LogP contribution in [0, 0.1) is 11.7 Å². The zero-order chi connectivity index (χ0) is 19.3. The van der Waals surface area contributed by atoms with Gasteiger partial charge in [0.05, 0.1) is 5.92 Å². The van der Waals surface area contributed by atoms with Crippen LogP contribution in [0.25, 0.3) is 0 Å². The number of esters is 1. The number of sulfonamides is 1. The largest absolute Gasteiger partial charge is 0.490 e. The first-order valence-corrected chi connectivity index (χ1v) is 10.9. The fourth-order valence-corrected chi connectivity index (χ4v) is 5.43. The van der Waals surface area contributed by atoms with Crippen molar-refractivity contribution in [2.45, 2.75) is 17.1 Å². The molecule has 1 fully saturated rings. The molecule has 0 N–H and O–H groups in total. The number of carbonyl (C=O) groups excluding carboxylic acids is 1. The van der Waals surface area contributed by atoms with E-state index >= 15 is 0 Å². The summed E-state index contributed by atoms with van der Waals surface area (Å²) >= 11 is 1.19. The summed E-state index contributed by atoms with van der Waals surface area (Å²) in [4.78, 5) is 12.1. The molecule has 2 aromatic rings. The van der Waals surface area contributed by atoms with Crippen molar-refractivity contribution in [3.05, 3.63) is 47.6 Å². The van der Waals surface area contributed by atoms with Gasteiger partial charge < -0.3 is 9.47 Å². The highest BCUT2D eigenvalue weighted by atomic mass is 32.2. The van der Waals surface area contributed by atoms with Crippen LogP contribution in [0.3, 0.4) is 0 Å². The maximum atomic E-state index is 12.8. The standard InChI is InChI=1S/C18H20FNO5S2/c19-15-3-5-16(6-4-15)24-11-12-25-18(21)14-7-9-20(10-8-14)27(22,23)17-2-1-13-26-17/h1-6,13-14H,7-12H2. The second kappa shape index (κ2) is 8.81. The molecule has 27 heavy (non-hydrogen) atoms. The van der Waals surface area contributed by atoms with E-state index in [1.807, 2.05) is 0 Å². The smallest absolute Gasteiger partial charge is 0.309 e. The number of carbonyl (C=O) groups is 1. The maximum Gasteiger partial charge on any atom is 0.309 e. The van der Waals surface area contributed by atoms with E-state index in [2.05, 4.69) is 0 Å². The zero-order valence-electron chi connectivity index (χ0n) is 14.5. The number of hydrogen-bond donors (Lipinski definition) is 0. The van der Waals surface area contributed by atoms with Gasteiger partial charge in [0, 0.05) is 13.1 Å². The van der Waals surface area contributed by atoms with E-state index in [0.29, 0.717) is 35.9 Å². The molecular formula is C18H20FNO5S2. The Morgan fingerprint density at radius 2 is 1.85 bits per heavy atom. The van der Waals surface area contributed by atoms with Crippen LogP contribution >= 0.6 is 11.3 Å². The minimum atomic E-state index is -3.47. The highest BCUT2D eigenvalue weighted by molar-refractivity contribution is 7.91. The minimum Gasteiger partial charge on any atom is -0.490 e. The molecule has 6 nitrogen and oxygen atoms in total. The third kappa shape index (κ3) is 5.06. The van der Waals surface area contributed by atoms with Crippen LogP contribution in [-0.2, 0) is 19.6 Å². The Hall–Kier alpha value is -1.97. The summed E-state index contributed by atoms with van der Waals surface area (Å²) in [5.41, 5.74) is 0. The fraction of sp³-hybridized carbons (Fsp3) is 0.389. The lowest BCUT2D eigenvalue weighted by atomic mass is 9.98. The number of piperidine rings is 1. The molecule has 1 saturated heterocycles. The van der Waals surface area contributed by atoms with Crippen molar-refractivity contribution in [3.8, 4) is 5.75 Å². The Morgan fingerprint density at radius 3 is 2.48 bits per heavy atom. The van der Waals surface area contributed by atoms with Crippen molar-refractivity contribution in [2.24, 2.45) is 5.92 Å². The molecule has 0 atom stereocenters. The van der Waals surface area contributed by atoms with Crippen molar-refractivity contribution in [2.75, 3.05) is 26.3 Å². The van der Waals surface area contributed by atoms with Crippen molar-refractivity contribution < 1.29 is 27.1 Å². The van der Waals surface area contributed by atoms with Gasteiger partial charge in [-0.15, -0.1) is 11.3 Å². The topological polar surface area (TPSA) is 72.9 Å². The number of nitrogens with zero attached hydrogens (tertiary/aromatic N) is 1. The fourth-order valence-electron chi connectivity index (χ4n) is 2.82. The van der Waals surface area contributed by atoms with Crippen LogP contribution in [0.15, 0.2) is 46.0 Å². The molecule has 1 aliphatic heterocycles. The van der Waals surface area contributed by atoms with Gasteiger partial charge in [-0.2, -0.15) is 4.31 Å². The van der Waals surface area contributed by atoms with E-state index in [1.54, 1.807) is 17.5 Å². The molecule has 0 amide bonds. The van der Waals surface area contributed by atoms with E-state index in [9.17, 15) is 17.6 Å². The van der Waals surface area contributed by atoms with Crippen molar-refractivity contribution in [3.63, 3.8) is 0 Å². The molecule has 0 bridgehead atoms. The van der Waals surface area contributed by atoms with Crippen LogP contribution < -0.4 is 4.74 Å². The summed E-state index contributed by atoms with van der Waals surface area (Å²) in [5.74, 6) is -0.503. The second-order valence-electron chi connectivity index (χ2n) is 6.08. The van der Waals surface area contributed by atoms with Gasteiger partial charge in [-0.05, 0) is 48.6 Å². The molecule has 1 aromatic carbocycles. The van der Waals surface area contributed by atoms with Gasteiger partial charge >= 0.3 is 5.97 Å². The SMILES string of the molecule is O=C(OCCOc1ccc(F)cc1)C1CCN(S(=O)(=O)c2cccs2)CC1. The number of thiophene rings is 1. The highest BCUT2D eigenvalue weighted by Gasteiger charge is 2.33. The molecule has 9 heteroatoms.